The van der Waals surface area contributed by atoms with Gasteiger partial charge in [-0.1, -0.05) is 0 Å². The maximum Gasteiger partial charge on any atom is 0.135 e. The number of fused-ring (bicyclic) bond motifs is 2. The Morgan fingerprint density at radius 2 is 1.81 bits per heavy atom. The molecule has 2 atom stereocenters. The van der Waals surface area contributed by atoms with Gasteiger partial charge in [0.25, 0.3) is 0 Å². The Morgan fingerprint density at radius 1 is 1.00 bits per heavy atom. The van der Waals surface area contributed by atoms with Crippen molar-refractivity contribution in [3.05, 3.63) is 35.3 Å². The monoisotopic (exact) mass is 352 g/mol. The molecule has 2 saturated heterocycles. The SMILES string of the molecule is Cc1ncnc(N2CC3CN(Cc4cnc5n4CCCC5)CC3C2)c1C. The van der Waals surface area contributed by atoms with Crippen molar-refractivity contribution in [2.24, 2.45) is 11.8 Å². The van der Waals surface area contributed by atoms with Crippen molar-refractivity contribution in [2.45, 2.75) is 46.2 Å². The van der Waals surface area contributed by atoms with Gasteiger partial charge in [0, 0.05) is 63.1 Å². The van der Waals surface area contributed by atoms with Crippen LogP contribution in [0.15, 0.2) is 12.5 Å². The van der Waals surface area contributed by atoms with Crippen LogP contribution in [0.1, 0.15) is 35.6 Å². The molecule has 0 saturated carbocycles. The van der Waals surface area contributed by atoms with E-state index in [0.717, 1.165) is 55.9 Å². The molecule has 0 amide bonds. The Kier molecular flexibility index (Phi) is 3.96. The standard InChI is InChI=1S/C20H28N6/c1-14-15(2)22-13-23-20(14)25-10-16-8-24(9-17(16)11-25)12-18-7-21-19-5-3-4-6-26(18)19/h7,13,16-17H,3-6,8-12H2,1-2H3. The average molecular weight is 352 g/mol. The van der Waals surface area contributed by atoms with Crippen molar-refractivity contribution >= 4 is 5.82 Å². The number of aryl methyl sites for hydroxylation is 2. The highest BCUT2D eigenvalue weighted by Crippen LogP contribution is 2.35. The van der Waals surface area contributed by atoms with Crippen LogP contribution in [0.2, 0.25) is 0 Å². The second-order valence-corrected chi connectivity index (χ2v) is 8.30. The predicted molar refractivity (Wildman–Crippen MR) is 101 cm³/mol. The zero-order chi connectivity index (χ0) is 17.7. The first-order valence-corrected chi connectivity index (χ1v) is 9.98. The second kappa shape index (κ2) is 6.34. The molecule has 2 fully saturated rings. The van der Waals surface area contributed by atoms with Gasteiger partial charge in [-0.05, 0) is 38.5 Å². The lowest BCUT2D eigenvalue weighted by molar-refractivity contribution is 0.297. The quantitative estimate of drug-likeness (QED) is 0.848. The summed E-state index contributed by atoms with van der Waals surface area (Å²) in [7, 11) is 0. The Labute approximate surface area is 155 Å². The molecule has 2 aromatic heterocycles. The molecule has 26 heavy (non-hydrogen) atoms. The van der Waals surface area contributed by atoms with Gasteiger partial charge in [0.2, 0.25) is 0 Å². The van der Waals surface area contributed by atoms with Gasteiger partial charge in [-0.15, -0.1) is 0 Å². The first-order chi connectivity index (χ1) is 12.7. The van der Waals surface area contributed by atoms with Crippen molar-refractivity contribution in [2.75, 3.05) is 31.1 Å². The third kappa shape index (κ3) is 2.71. The van der Waals surface area contributed by atoms with Gasteiger partial charge in [-0.2, -0.15) is 0 Å². The summed E-state index contributed by atoms with van der Waals surface area (Å²) in [6.07, 6.45) is 7.57. The number of anilines is 1. The molecule has 0 aromatic carbocycles. The van der Waals surface area contributed by atoms with E-state index in [1.54, 1.807) is 6.33 Å². The molecule has 0 N–H and O–H groups in total. The highest BCUT2D eigenvalue weighted by atomic mass is 15.3. The van der Waals surface area contributed by atoms with E-state index in [9.17, 15) is 0 Å². The molecule has 0 radical (unpaired) electrons. The van der Waals surface area contributed by atoms with Crippen LogP contribution in [-0.4, -0.2) is 50.6 Å². The fraction of sp³-hybridized carbons (Fsp3) is 0.650. The van der Waals surface area contributed by atoms with E-state index in [-0.39, 0.29) is 0 Å². The van der Waals surface area contributed by atoms with Crippen LogP contribution in [0.3, 0.4) is 0 Å². The highest BCUT2D eigenvalue weighted by molar-refractivity contribution is 5.48. The minimum atomic E-state index is 0.758. The van der Waals surface area contributed by atoms with Crippen molar-refractivity contribution < 1.29 is 0 Å². The zero-order valence-electron chi connectivity index (χ0n) is 15.9. The van der Waals surface area contributed by atoms with E-state index in [2.05, 4.69) is 49.4 Å². The number of hydrogen-bond donors (Lipinski definition) is 0. The maximum absolute atomic E-state index is 4.65. The normalized spacial score (nSPS) is 25.5. The molecule has 6 heteroatoms. The van der Waals surface area contributed by atoms with Gasteiger partial charge in [0.1, 0.15) is 18.0 Å². The van der Waals surface area contributed by atoms with Crippen LogP contribution in [0.5, 0.6) is 0 Å². The van der Waals surface area contributed by atoms with Crippen LogP contribution >= 0.6 is 0 Å². The molecule has 0 spiro atoms. The Hall–Kier alpha value is -1.95. The number of aromatic nitrogens is 4. The topological polar surface area (TPSA) is 50.1 Å². The van der Waals surface area contributed by atoms with Crippen LogP contribution in [0.25, 0.3) is 0 Å². The van der Waals surface area contributed by atoms with E-state index < -0.39 is 0 Å². The number of nitrogens with zero attached hydrogens (tertiary/aromatic N) is 6. The lowest BCUT2D eigenvalue weighted by Gasteiger charge is -2.24. The molecule has 2 aromatic rings. The fourth-order valence-electron chi connectivity index (χ4n) is 5.07. The molecule has 0 bridgehead atoms. The van der Waals surface area contributed by atoms with Crippen molar-refractivity contribution in [1.29, 1.82) is 0 Å². The Morgan fingerprint density at radius 3 is 2.62 bits per heavy atom. The highest BCUT2D eigenvalue weighted by Gasteiger charge is 2.41. The van der Waals surface area contributed by atoms with E-state index in [1.807, 2.05) is 0 Å². The summed E-state index contributed by atoms with van der Waals surface area (Å²) in [6.45, 7) is 11.1. The van der Waals surface area contributed by atoms with Crippen LogP contribution in [-0.2, 0) is 19.5 Å². The molecule has 3 aliphatic rings. The van der Waals surface area contributed by atoms with Gasteiger partial charge in [0.15, 0.2) is 0 Å². The fourth-order valence-corrected chi connectivity index (χ4v) is 5.07. The van der Waals surface area contributed by atoms with Crippen LogP contribution in [0, 0.1) is 25.7 Å². The minimum absolute atomic E-state index is 0.758. The first-order valence-electron chi connectivity index (χ1n) is 9.98. The van der Waals surface area contributed by atoms with Crippen molar-refractivity contribution in [1.82, 2.24) is 24.4 Å². The summed E-state index contributed by atoms with van der Waals surface area (Å²) >= 11 is 0. The van der Waals surface area contributed by atoms with E-state index in [0.29, 0.717) is 0 Å². The Bertz CT molecular complexity index is 799. The molecule has 5 heterocycles. The molecule has 0 aliphatic carbocycles. The predicted octanol–water partition coefficient (Wildman–Crippen LogP) is 2.19. The van der Waals surface area contributed by atoms with Gasteiger partial charge < -0.3 is 9.47 Å². The summed E-state index contributed by atoms with van der Waals surface area (Å²) < 4.78 is 2.47. The molecular formula is C20H28N6. The van der Waals surface area contributed by atoms with Crippen molar-refractivity contribution in [3.8, 4) is 0 Å². The summed E-state index contributed by atoms with van der Waals surface area (Å²) in [6, 6.07) is 0. The van der Waals surface area contributed by atoms with Gasteiger partial charge in [-0.3, -0.25) is 4.90 Å². The smallest absolute Gasteiger partial charge is 0.135 e. The lowest BCUT2D eigenvalue weighted by atomic mass is 10.0. The van der Waals surface area contributed by atoms with Gasteiger partial charge >= 0.3 is 0 Å². The molecule has 138 valence electrons. The van der Waals surface area contributed by atoms with Crippen molar-refractivity contribution in [3.63, 3.8) is 0 Å². The molecular weight excluding hydrogens is 324 g/mol. The first kappa shape index (κ1) is 16.2. The number of likely N-dealkylation sites (tertiary alicyclic amines) is 1. The second-order valence-electron chi connectivity index (χ2n) is 8.30. The zero-order valence-corrected chi connectivity index (χ0v) is 15.9. The third-order valence-electron chi connectivity index (χ3n) is 6.61. The number of hydrogen-bond acceptors (Lipinski definition) is 5. The largest absolute Gasteiger partial charge is 0.356 e. The number of rotatable bonds is 3. The molecule has 6 nitrogen and oxygen atoms in total. The number of imidazole rings is 1. The van der Waals surface area contributed by atoms with Gasteiger partial charge in [0.05, 0.1) is 5.69 Å². The summed E-state index contributed by atoms with van der Waals surface area (Å²) in [5.41, 5.74) is 3.74. The van der Waals surface area contributed by atoms with E-state index >= 15 is 0 Å². The molecule has 5 rings (SSSR count). The maximum atomic E-state index is 4.65. The molecule has 2 unspecified atom stereocenters. The average Bonchev–Trinajstić information content (AvgIpc) is 3.31. The Balaban J connectivity index is 1.25. The molecule has 3 aliphatic heterocycles. The summed E-state index contributed by atoms with van der Waals surface area (Å²) in [5.74, 6) is 3.96. The third-order valence-corrected chi connectivity index (χ3v) is 6.61. The van der Waals surface area contributed by atoms with Gasteiger partial charge in [-0.25, -0.2) is 15.0 Å². The lowest BCUT2D eigenvalue weighted by Crippen LogP contribution is -2.30. The van der Waals surface area contributed by atoms with E-state index in [4.69, 9.17) is 0 Å². The van der Waals surface area contributed by atoms with Crippen LogP contribution in [0.4, 0.5) is 5.82 Å². The van der Waals surface area contributed by atoms with Crippen LogP contribution < -0.4 is 4.90 Å². The summed E-state index contributed by atoms with van der Waals surface area (Å²) in [4.78, 5) is 18.7. The minimum Gasteiger partial charge on any atom is -0.356 e. The summed E-state index contributed by atoms with van der Waals surface area (Å²) in [5, 5.41) is 0. The van der Waals surface area contributed by atoms with E-state index in [1.165, 1.54) is 43.0 Å².